The van der Waals surface area contributed by atoms with Gasteiger partial charge in [0.05, 0.1) is 0 Å². The fourth-order valence-corrected chi connectivity index (χ4v) is 0.933. The van der Waals surface area contributed by atoms with E-state index in [0.29, 0.717) is 6.54 Å². The van der Waals surface area contributed by atoms with E-state index in [9.17, 15) is 0 Å². The van der Waals surface area contributed by atoms with Gasteiger partial charge in [-0.05, 0) is 0 Å². The van der Waals surface area contributed by atoms with Gasteiger partial charge in [0.15, 0.2) is 0 Å². The number of nitrogens with two attached hydrogens (primary N) is 2. The maximum Gasteiger partial charge on any atom is 0.110 e. The van der Waals surface area contributed by atoms with Crippen molar-refractivity contribution in [3.63, 3.8) is 0 Å². The molecular formula is C7H14N4. The molecule has 2 atom stereocenters. The number of nitrogens with zero attached hydrogens (tertiary/aromatic N) is 1. The van der Waals surface area contributed by atoms with Crippen molar-refractivity contribution in [2.45, 2.75) is 18.9 Å². The average Bonchev–Trinajstić information content (AvgIpc) is 2.53. The largest absolute Gasteiger partial charge is 0.348 e. The Hall–Kier alpha value is -0.870. The minimum absolute atomic E-state index is 0.0128. The Labute approximate surface area is 66.0 Å². The summed E-state index contributed by atoms with van der Waals surface area (Å²) in [5.74, 6) is 1.11. The quantitative estimate of drug-likeness (QED) is 0.564. The molecule has 4 nitrogen and oxygen atoms in total. The average molecular weight is 154 g/mol. The van der Waals surface area contributed by atoms with E-state index in [1.54, 1.807) is 12.4 Å². The maximum absolute atomic E-state index is 5.72. The summed E-state index contributed by atoms with van der Waals surface area (Å²) in [6.45, 7) is 2.50. The van der Waals surface area contributed by atoms with Crippen LogP contribution in [0.1, 0.15) is 18.7 Å². The van der Waals surface area contributed by atoms with Crippen LogP contribution >= 0.6 is 0 Å². The lowest BCUT2D eigenvalue weighted by atomic mass is 10.0. The van der Waals surface area contributed by atoms with Gasteiger partial charge < -0.3 is 16.5 Å². The van der Waals surface area contributed by atoms with Crippen molar-refractivity contribution >= 4 is 0 Å². The molecule has 0 fully saturated rings. The third-order valence-corrected chi connectivity index (χ3v) is 1.87. The molecule has 0 aliphatic rings. The zero-order valence-corrected chi connectivity index (χ0v) is 6.62. The van der Waals surface area contributed by atoms with Crippen molar-refractivity contribution in [3.05, 3.63) is 18.2 Å². The molecule has 1 heterocycles. The first kappa shape index (κ1) is 8.23. The number of aromatic nitrogens is 2. The molecule has 11 heavy (non-hydrogen) atoms. The molecule has 1 rings (SSSR count). The van der Waals surface area contributed by atoms with Gasteiger partial charge in [0.25, 0.3) is 0 Å². The molecule has 62 valence electrons. The zero-order valence-electron chi connectivity index (χ0n) is 6.62. The normalized spacial score (nSPS) is 16.3. The van der Waals surface area contributed by atoms with E-state index in [1.165, 1.54) is 0 Å². The van der Waals surface area contributed by atoms with Crippen molar-refractivity contribution in [2.24, 2.45) is 11.5 Å². The molecule has 0 aliphatic heterocycles. The summed E-state index contributed by atoms with van der Waals surface area (Å²) in [5.41, 5.74) is 11.1. The lowest BCUT2D eigenvalue weighted by Gasteiger charge is -2.14. The van der Waals surface area contributed by atoms with Crippen LogP contribution in [0.25, 0.3) is 0 Å². The van der Waals surface area contributed by atoms with Crippen LogP contribution in [-0.4, -0.2) is 22.6 Å². The predicted molar refractivity (Wildman–Crippen MR) is 44.0 cm³/mol. The van der Waals surface area contributed by atoms with Crippen LogP contribution in [0.5, 0.6) is 0 Å². The van der Waals surface area contributed by atoms with Crippen LogP contribution in [0.15, 0.2) is 12.4 Å². The summed E-state index contributed by atoms with van der Waals surface area (Å²) in [7, 11) is 0. The van der Waals surface area contributed by atoms with Crippen molar-refractivity contribution in [1.82, 2.24) is 9.97 Å². The minimum Gasteiger partial charge on any atom is -0.348 e. The fraction of sp³-hybridized carbons (Fsp3) is 0.571. The fourth-order valence-electron chi connectivity index (χ4n) is 0.933. The second-order valence-corrected chi connectivity index (χ2v) is 2.66. The highest BCUT2D eigenvalue weighted by Crippen LogP contribution is 2.11. The summed E-state index contributed by atoms with van der Waals surface area (Å²) in [4.78, 5) is 7.10. The minimum atomic E-state index is -0.0128. The number of imidazole rings is 1. The summed E-state index contributed by atoms with van der Waals surface area (Å²) in [6, 6.07) is -0.0128. The maximum atomic E-state index is 5.72. The molecule has 0 saturated heterocycles. The molecule has 0 aromatic carbocycles. The summed E-state index contributed by atoms with van der Waals surface area (Å²) < 4.78 is 0. The van der Waals surface area contributed by atoms with Crippen molar-refractivity contribution in [1.29, 1.82) is 0 Å². The number of nitrogens with one attached hydrogen (secondary N) is 1. The van der Waals surface area contributed by atoms with Gasteiger partial charge in [-0.1, -0.05) is 6.92 Å². The van der Waals surface area contributed by atoms with Crippen molar-refractivity contribution in [3.8, 4) is 0 Å². The molecule has 0 amide bonds. The zero-order chi connectivity index (χ0) is 8.27. The molecule has 1 aromatic rings. The van der Waals surface area contributed by atoms with Crippen LogP contribution < -0.4 is 11.5 Å². The monoisotopic (exact) mass is 154 g/mol. The molecule has 0 radical (unpaired) electrons. The lowest BCUT2D eigenvalue weighted by Crippen LogP contribution is -2.35. The van der Waals surface area contributed by atoms with E-state index in [0.717, 1.165) is 5.82 Å². The first-order valence-corrected chi connectivity index (χ1v) is 3.70. The second-order valence-electron chi connectivity index (χ2n) is 2.66. The summed E-state index contributed by atoms with van der Waals surface area (Å²) in [6.07, 6.45) is 3.50. The highest BCUT2D eigenvalue weighted by atomic mass is 14.9. The molecule has 0 saturated carbocycles. The number of rotatable bonds is 3. The summed E-state index contributed by atoms with van der Waals surface area (Å²) in [5, 5.41) is 0. The van der Waals surface area contributed by atoms with Gasteiger partial charge >= 0.3 is 0 Å². The van der Waals surface area contributed by atoms with Crippen LogP contribution in [0.2, 0.25) is 0 Å². The molecular weight excluding hydrogens is 140 g/mol. The van der Waals surface area contributed by atoms with Gasteiger partial charge in [-0.3, -0.25) is 0 Å². The van der Waals surface area contributed by atoms with Gasteiger partial charge in [-0.15, -0.1) is 0 Å². The third kappa shape index (κ3) is 1.78. The van der Waals surface area contributed by atoms with E-state index >= 15 is 0 Å². The first-order chi connectivity index (χ1) is 5.25. The molecule has 2 unspecified atom stereocenters. The van der Waals surface area contributed by atoms with E-state index in [1.807, 2.05) is 6.92 Å². The topological polar surface area (TPSA) is 80.7 Å². The molecule has 5 N–H and O–H groups in total. The number of hydrogen-bond acceptors (Lipinski definition) is 3. The Balaban J connectivity index is 2.62. The lowest BCUT2D eigenvalue weighted by molar-refractivity contribution is 0.554. The van der Waals surface area contributed by atoms with Crippen LogP contribution in [0, 0.1) is 0 Å². The first-order valence-electron chi connectivity index (χ1n) is 3.70. The van der Waals surface area contributed by atoms with Crippen LogP contribution in [-0.2, 0) is 0 Å². The van der Waals surface area contributed by atoms with Gasteiger partial charge in [-0.25, -0.2) is 4.98 Å². The Morgan fingerprint density at radius 2 is 2.45 bits per heavy atom. The predicted octanol–water partition coefficient (Wildman–Crippen LogP) is -0.201. The van der Waals surface area contributed by atoms with Crippen LogP contribution in [0.4, 0.5) is 0 Å². The molecule has 1 aromatic heterocycles. The molecule has 0 spiro atoms. The smallest absolute Gasteiger partial charge is 0.110 e. The number of H-pyrrole nitrogens is 1. The van der Waals surface area contributed by atoms with Gasteiger partial charge in [0, 0.05) is 30.9 Å². The number of aromatic amines is 1. The summed E-state index contributed by atoms with van der Waals surface area (Å²) >= 11 is 0. The van der Waals surface area contributed by atoms with E-state index < -0.39 is 0 Å². The Morgan fingerprint density at radius 1 is 1.73 bits per heavy atom. The van der Waals surface area contributed by atoms with Gasteiger partial charge in [0.1, 0.15) is 5.82 Å². The van der Waals surface area contributed by atoms with E-state index in [4.69, 9.17) is 11.5 Å². The second kappa shape index (κ2) is 3.50. The third-order valence-electron chi connectivity index (χ3n) is 1.87. The van der Waals surface area contributed by atoms with Gasteiger partial charge in [0.2, 0.25) is 0 Å². The Bertz CT molecular complexity index is 194. The Kier molecular flexibility index (Phi) is 2.62. The van der Waals surface area contributed by atoms with Crippen molar-refractivity contribution in [2.75, 3.05) is 6.54 Å². The standard InChI is InChI=1S/C7H14N4/c1-5(6(9)4-8)7-10-2-3-11-7/h2-3,5-6H,4,8-9H2,1H3,(H,10,11). The molecule has 0 aliphatic carbocycles. The molecule has 0 bridgehead atoms. The Morgan fingerprint density at radius 3 is 2.91 bits per heavy atom. The highest BCUT2D eigenvalue weighted by Gasteiger charge is 2.14. The number of hydrogen-bond donors (Lipinski definition) is 3. The van der Waals surface area contributed by atoms with E-state index in [-0.39, 0.29) is 12.0 Å². The van der Waals surface area contributed by atoms with E-state index in [2.05, 4.69) is 9.97 Å². The van der Waals surface area contributed by atoms with Crippen molar-refractivity contribution < 1.29 is 0 Å². The SMILES string of the molecule is CC(c1ncc[nH]1)C(N)CN. The van der Waals surface area contributed by atoms with Gasteiger partial charge in [-0.2, -0.15) is 0 Å². The van der Waals surface area contributed by atoms with Crippen LogP contribution in [0.3, 0.4) is 0 Å². The molecule has 4 heteroatoms. The highest BCUT2D eigenvalue weighted by molar-refractivity contribution is 4.99.